The molecule has 4 heteroatoms. The SMILES string of the molecule is CC1CCCN(C(=O)NC=C2CCOCC2)C1. The molecule has 0 radical (unpaired) electrons. The van der Waals surface area contributed by atoms with Crippen LogP contribution >= 0.6 is 0 Å². The highest BCUT2D eigenvalue weighted by Gasteiger charge is 2.20. The maximum Gasteiger partial charge on any atom is 0.321 e. The average Bonchev–Trinajstić information content (AvgIpc) is 2.37. The molecule has 2 fully saturated rings. The zero-order valence-electron chi connectivity index (χ0n) is 10.6. The fraction of sp³-hybridized carbons (Fsp3) is 0.769. The van der Waals surface area contributed by atoms with E-state index >= 15 is 0 Å². The van der Waals surface area contributed by atoms with E-state index in [0.29, 0.717) is 5.92 Å². The van der Waals surface area contributed by atoms with Gasteiger partial charge in [-0.05, 0) is 37.2 Å². The molecule has 17 heavy (non-hydrogen) atoms. The first-order valence-electron chi connectivity index (χ1n) is 6.57. The molecular formula is C13H22N2O2. The van der Waals surface area contributed by atoms with Gasteiger partial charge >= 0.3 is 6.03 Å². The normalized spacial score (nSPS) is 25.6. The summed E-state index contributed by atoms with van der Waals surface area (Å²) in [6.07, 6.45) is 6.12. The first-order chi connectivity index (χ1) is 8.25. The predicted molar refractivity (Wildman–Crippen MR) is 66.6 cm³/mol. The fourth-order valence-electron chi connectivity index (χ4n) is 2.41. The van der Waals surface area contributed by atoms with Crippen LogP contribution in [0.3, 0.4) is 0 Å². The van der Waals surface area contributed by atoms with E-state index in [9.17, 15) is 4.79 Å². The Hall–Kier alpha value is -1.03. The van der Waals surface area contributed by atoms with Crippen molar-refractivity contribution in [2.24, 2.45) is 5.92 Å². The molecule has 4 nitrogen and oxygen atoms in total. The van der Waals surface area contributed by atoms with Gasteiger partial charge in [0.05, 0.1) is 13.2 Å². The van der Waals surface area contributed by atoms with Crippen molar-refractivity contribution in [2.75, 3.05) is 26.3 Å². The van der Waals surface area contributed by atoms with Crippen molar-refractivity contribution in [1.82, 2.24) is 10.2 Å². The van der Waals surface area contributed by atoms with Crippen LogP contribution in [0.1, 0.15) is 32.6 Å². The van der Waals surface area contributed by atoms with Crippen molar-refractivity contribution in [3.05, 3.63) is 11.8 Å². The Labute approximate surface area is 103 Å². The van der Waals surface area contributed by atoms with Crippen LogP contribution in [0.25, 0.3) is 0 Å². The van der Waals surface area contributed by atoms with Gasteiger partial charge in [-0.2, -0.15) is 0 Å². The molecule has 0 aromatic heterocycles. The number of hydrogen-bond acceptors (Lipinski definition) is 2. The summed E-state index contributed by atoms with van der Waals surface area (Å²) in [6, 6.07) is 0.0514. The van der Waals surface area contributed by atoms with Gasteiger partial charge < -0.3 is 15.0 Å². The first kappa shape index (κ1) is 12.4. The van der Waals surface area contributed by atoms with Gasteiger partial charge in [-0.1, -0.05) is 6.92 Å². The van der Waals surface area contributed by atoms with Crippen molar-refractivity contribution in [3.63, 3.8) is 0 Å². The molecule has 0 spiro atoms. The quantitative estimate of drug-likeness (QED) is 0.760. The van der Waals surface area contributed by atoms with E-state index in [4.69, 9.17) is 4.74 Å². The molecule has 0 aliphatic carbocycles. The molecule has 2 aliphatic heterocycles. The number of hydrogen-bond donors (Lipinski definition) is 1. The molecule has 2 rings (SSSR count). The van der Waals surface area contributed by atoms with E-state index in [0.717, 1.165) is 45.6 Å². The Balaban J connectivity index is 1.79. The standard InChI is InChI=1S/C13H22N2O2/c1-11-3-2-6-15(10-11)13(16)14-9-12-4-7-17-8-5-12/h9,11H,2-8,10H2,1H3,(H,14,16). The van der Waals surface area contributed by atoms with Gasteiger partial charge in [-0.3, -0.25) is 0 Å². The highest BCUT2D eigenvalue weighted by Crippen LogP contribution is 2.16. The van der Waals surface area contributed by atoms with Crippen LogP contribution in [0.15, 0.2) is 11.8 Å². The summed E-state index contributed by atoms with van der Waals surface area (Å²) in [7, 11) is 0. The molecule has 0 aromatic rings. The Morgan fingerprint density at radius 2 is 2.24 bits per heavy atom. The molecular weight excluding hydrogens is 216 g/mol. The number of piperidine rings is 1. The summed E-state index contributed by atoms with van der Waals surface area (Å²) < 4.78 is 5.27. The molecule has 2 heterocycles. The Morgan fingerprint density at radius 3 is 2.94 bits per heavy atom. The minimum absolute atomic E-state index is 0.0514. The minimum Gasteiger partial charge on any atom is -0.381 e. The predicted octanol–water partition coefficient (Wildman–Crippen LogP) is 2.12. The number of amides is 2. The van der Waals surface area contributed by atoms with E-state index in [1.54, 1.807) is 0 Å². The Kier molecular flexibility index (Phi) is 4.42. The maximum atomic E-state index is 11.9. The molecule has 2 aliphatic rings. The maximum absolute atomic E-state index is 11.9. The van der Waals surface area contributed by atoms with Gasteiger partial charge in [-0.25, -0.2) is 4.79 Å². The molecule has 1 atom stereocenters. The van der Waals surface area contributed by atoms with Crippen LogP contribution in [0.2, 0.25) is 0 Å². The second-order valence-corrected chi connectivity index (χ2v) is 5.06. The average molecular weight is 238 g/mol. The molecule has 0 aromatic carbocycles. The number of rotatable bonds is 1. The third kappa shape index (κ3) is 3.73. The number of ether oxygens (including phenoxy) is 1. The lowest BCUT2D eigenvalue weighted by molar-refractivity contribution is 0.118. The summed E-state index contributed by atoms with van der Waals surface area (Å²) >= 11 is 0. The second-order valence-electron chi connectivity index (χ2n) is 5.06. The van der Waals surface area contributed by atoms with E-state index < -0.39 is 0 Å². The van der Waals surface area contributed by atoms with Crippen molar-refractivity contribution in [2.45, 2.75) is 32.6 Å². The number of urea groups is 1. The van der Waals surface area contributed by atoms with E-state index in [2.05, 4.69) is 12.2 Å². The van der Waals surface area contributed by atoms with Gasteiger partial charge in [0.1, 0.15) is 0 Å². The molecule has 2 saturated heterocycles. The molecule has 1 unspecified atom stereocenters. The molecule has 96 valence electrons. The molecule has 0 saturated carbocycles. The lowest BCUT2D eigenvalue weighted by Gasteiger charge is -2.30. The summed E-state index contributed by atoms with van der Waals surface area (Å²) in [6.45, 7) is 5.54. The molecule has 0 bridgehead atoms. The molecule has 1 N–H and O–H groups in total. The van der Waals surface area contributed by atoms with Crippen LogP contribution in [0.5, 0.6) is 0 Å². The lowest BCUT2D eigenvalue weighted by Crippen LogP contribution is -2.43. The van der Waals surface area contributed by atoms with Gasteiger partial charge in [0.2, 0.25) is 0 Å². The number of nitrogens with one attached hydrogen (secondary N) is 1. The van der Waals surface area contributed by atoms with E-state index in [1.165, 1.54) is 12.0 Å². The van der Waals surface area contributed by atoms with Crippen molar-refractivity contribution in [1.29, 1.82) is 0 Å². The zero-order chi connectivity index (χ0) is 12.1. The third-order valence-electron chi connectivity index (χ3n) is 3.48. The van der Waals surface area contributed by atoms with Crippen molar-refractivity contribution < 1.29 is 9.53 Å². The largest absolute Gasteiger partial charge is 0.381 e. The van der Waals surface area contributed by atoms with Crippen LogP contribution in [-0.4, -0.2) is 37.2 Å². The Morgan fingerprint density at radius 1 is 1.47 bits per heavy atom. The minimum atomic E-state index is 0.0514. The van der Waals surface area contributed by atoms with Crippen LogP contribution in [-0.2, 0) is 4.74 Å². The smallest absolute Gasteiger partial charge is 0.321 e. The topological polar surface area (TPSA) is 41.6 Å². The third-order valence-corrected chi connectivity index (χ3v) is 3.48. The van der Waals surface area contributed by atoms with Crippen molar-refractivity contribution in [3.8, 4) is 0 Å². The summed E-state index contributed by atoms with van der Waals surface area (Å²) in [5.41, 5.74) is 1.29. The van der Waals surface area contributed by atoms with Gasteiger partial charge in [0.25, 0.3) is 0 Å². The summed E-state index contributed by atoms with van der Waals surface area (Å²) in [5.74, 6) is 0.630. The van der Waals surface area contributed by atoms with Gasteiger partial charge in [0, 0.05) is 19.3 Å². The van der Waals surface area contributed by atoms with Crippen LogP contribution < -0.4 is 5.32 Å². The second kappa shape index (κ2) is 6.05. The fourth-order valence-corrected chi connectivity index (χ4v) is 2.41. The Bertz CT molecular complexity index is 294. The highest BCUT2D eigenvalue weighted by atomic mass is 16.5. The first-order valence-corrected chi connectivity index (χ1v) is 6.57. The van der Waals surface area contributed by atoms with E-state index in [-0.39, 0.29) is 6.03 Å². The number of carbonyl (C=O) groups excluding carboxylic acids is 1. The highest BCUT2D eigenvalue weighted by molar-refractivity contribution is 5.75. The van der Waals surface area contributed by atoms with Crippen LogP contribution in [0.4, 0.5) is 4.79 Å². The monoisotopic (exact) mass is 238 g/mol. The van der Waals surface area contributed by atoms with Gasteiger partial charge in [0.15, 0.2) is 0 Å². The summed E-state index contributed by atoms with van der Waals surface area (Å²) in [5, 5.41) is 2.91. The van der Waals surface area contributed by atoms with Crippen LogP contribution in [0, 0.1) is 5.92 Å². The number of likely N-dealkylation sites (tertiary alicyclic amines) is 1. The lowest BCUT2D eigenvalue weighted by atomic mass is 10.0. The number of nitrogens with zero attached hydrogens (tertiary/aromatic N) is 1. The van der Waals surface area contributed by atoms with Gasteiger partial charge in [-0.15, -0.1) is 0 Å². The van der Waals surface area contributed by atoms with Crippen molar-refractivity contribution >= 4 is 6.03 Å². The van der Waals surface area contributed by atoms with E-state index in [1.807, 2.05) is 11.1 Å². The zero-order valence-corrected chi connectivity index (χ0v) is 10.6. The molecule has 2 amide bonds. The summed E-state index contributed by atoms with van der Waals surface area (Å²) in [4.78, 5) is 13.8. The number of carbonyl (C=O) groups is 1.